The van der Waals surface area contributed by atoms with Gasteiger partial charge in [-0.2, -0.15) is 0 Å². The lowest BCUT2D eigenvalue weighted by molar-refractivity contribution is -0.132. The summed E-state index contributed by atoms with van der Waals surface area (Å²) < 4.78 is 1.09. The van der Waals surface area contributed by atoms with Crippen molar-refractivity contribution in [3.63, 3.8) is 0 Å². The Morgan fingerprint density at radius 1 is 1.50 bits per heavy atom. The van der Waals surface area contributed by atoms with Crippen molar-refractivity contribution < 1.29 is 4.79 Å². The molecule has 1 amide bonds. The predicted molar refractivity (Wildman–Crippen MR) is 81.7 cm³/mol. The maximum atomic E-state index is 12.1. The third-order valence-electron chi connectivity index (χ3n) is 3.40. The summed E-state index contributed by atoms with van der Waals surface area (Å²) in [5, 5.41) is 2.05. The van der Waals surface area contributed by atoms with E-state index in [2.05, 4.69) is 49.7 Å². The summed E-state index contributed by atoms with van der Waals surface area (Å²) in [5.41, 5.74) is 0.183. The van der Waals surface area contributed by atoms with Gasteiger partial charge in [-0.3, -0.25) is 4.79 Å². The SMILES string of the molecule is CC(CC(=O)N(C)Cc1cc(Br)cs1)C(C)(C)C. The number of carbonyl (C=O) groups excluding carboxylic acids is 1. The van der Waals surface area contributed by atoms with Crippen molar-refractivity contribution in [1.29, 1.82) is 0 Å². The topological polar surface area (TPSA) is 20.3 Å². The molecule has 0 N–H and O–H groups in total. The third kappa shape index (κ3) is 4.73. The number of rotatable bonds is 4. The van der Waals surface area contributed by atoms with E-state index >= 15 is 0 Å². The van der Waals surface area contributed by atoms with Crippen LogP contribution >= 0.6 is 27.3 Å². The molecular formula is C14H22BrNOS. The molecule has 0 saturated carbocycles. The van der Waals surface area contributed by atoms with E-state index in [1.54, 1.807) is 11.3 Å². The fraction of sp³-hybridized carbons (Fsp3) is 0.643. The number of halogens is 1. The fourth-order valence-corrected chi connectivity index (χ4v) is 2.99. The quantitative estimate of drug-likeness (QED) is 0.793. The van der Waals surface area contributed by atoms with Crippen molar-refractivity contribution in [2.24, 2.45) is 11.3 Å². The number of hydrogen-bond acceptors (Lipinski definition) is 2. The van der Waals surface area contributed by atoms with Gasteiger partial charge in [0.1, 0.15) is 0 Å². The number of hydrogen-bond donors (Lipinski definition) is 0. The summed E-state index contributed by atoms with van der Waals surface area (Å²) in [5.74, 6) is 0.615. The molecule has 2 nitrogen and oxygen atoms in total. The molecule has 1 aromatic rings. The molecule has 0 spiro atoms. The van der Waals surface area contributed by atoms with Gasteiger partial charge in [0.15, 0.2) is 0 Å². The predicted octanol–water partition coefficient (Wildman–Crippen LogP) is 4.54. The average Bonchev–Trinajstić information content (AvgIpc) is 2.62. The lowest BCUT2D eigenvalue weighted by Gasteiger charge is -2.28. The lowest BCUT2D eigenvalue weighted by atomic mass is 9.80. The first-order chi connectivity index (χ1) is 8.20. The first kappa shape index (κ1) is 15.7. The van der Waals surface area contributed by atoms with Gasteiger partial charge in [0.2, 0.25) is 5.91 Å². The molecule has 1 atom stereocenters. The Labute approximate surface area is 123 Å². The van der Waals surface area contributed by atoms with Crippen LogP contribution in [-0.4, -0.2) is 17.9 Å². The van der Waals surface area contributed by atoms with Gasteiger partial charge in [0, 0.05) is 28.2 Å². The monoisotopic (exact) mass is 331 g/mol. The molecule has 0 aliphatic carbocycles. The highest BCUT2D eigenvalue weighted by Gasteiger charge is 2.24. The third-order valence-corrected chi connectivity index (χ3v) is 5.08. The molecule has 0 saturated heterocycles. The van der Waals surface area contributed by atoms with Crippen molar-refractivity contribution in [1.82, 2.24) is 4.90 Å². The molecule has 1 heterocycles. The summed E-state index contributed by atoms with van der Waals surface area (Å²) in [6, 6.07) is 2.07. The van der Waals surface area contributed by atoms with Crippen molar-refractivity contribution in [3.05, 3.63) is 20.8 Å². The number of nitrogens with zero attached hydrogens (tertiary/aromatic N) is 1. The van der Waals surface area contributed by atoms with E-state index < -0.39 is 0 Å². The van der Waals surface area contributed by atoms with Gasteiger partial charge >= 0.3 is 0 Å². The van der Waals surface area contributed by atoms with Crippen molar-refractivity contribution in [2.45, 2.75) is 40.7 Å². The molecule has 1 rings (SSSR count). The zero-order chi connectivity index (χ0) is 13.9. The molecule has 0 fully saturated rings. The number of carbonyl (C=O) groups is 1. The van der Waals surface area contributed by atoms with Gasteiger partial charge in [-0.25, -0.2) is 0 Å². The first-order valence-electron chi connectivity index (χ1n) is 6.17. The summed E-state index contributed by atoms with van der Waals surface area (Å²) >= 11 is 5.11. The van der Waals surface area contributed by atoms with Gasteiger partial charge in [-0.05, 0) is 33.3 Å². The van der Waals surface area contributed by atoms with Crippen LogP contribution in [0.2, 0.25) is 0 Å². The van der Waals surface area contributed by atoms with Gasteiger partial charge in [-0.1, -0.05) is 27.7 Å². The Hall–Kier alpha value is -0.350. The van der Waals surface area contributed by atoms with Crippen LogP contribution in [0.25, 0.3) is 0 Å². The number of amides is 1. The Kier molecular flexibility index (Phi) is 5.41. The molecule has 18 heavy (non-hydrogen) atoms. The highest BCUT2D eigenvalue weighted by molar-refractivity contribution is 9.10. The van der Waals surface area contributed by atoms with Gasteiger partial charge in [0.05, 0.1) is 6.54 Å². The molecule has 0 aromatic carbocycles. The van der Waals surface area contributed by atoms with E-state index in [9.17, 15) is 4.79 Å². The van der Waals surface area contributed by atoms with Crippen LogP contribution in [0.5, 0.6) is 0 Å². The van der Waals surface area contributed by atoms with Crippen molar-refractivity contribution >= 4 is 33.2 Å². The minimum Gasteiger partial charge on any atom is -0.341 e. The smallest absolute Gasteiger partial charge is 0.222 e. The standard InChI is InChI=1S/C14H22BrNOS/c1-10(14(2,3)4)6-13(17)16(5)8-12-7-11(15)9-18-12/h7,9-10H,6,8H2,1-5H3. The van der Waals surface area contributed by atoms with Crippen LogP contribution in [0, 0.1) is 11.3 Å². The highest BCUT2D eigenvalue weighted by Crippen LogP contribution is 2.29. The molecule has 1 aromatic heterocycles. The largest absolute Gasteiger partial charge is 0.341 e. The summed E-state index contributed by atoms with van der Waals surface area (Å²) in [6.07, 6.45) is 0.618. The Morgan fingerprint density at radius 3 is 2.56 bits per heavy atom. The van der Waals surface area contributed by atoms with E-state index in [-0.39, 0.29) is 11.3 Å². The van der Waals surface area contributed by atoms with E-state index in [1.807, 2.05) is 17.3 Å². The normalized spacial score (nSPS) is 13.4. The second-order valence-corrected chi connectivity index (χ2v) is 7.86. The maximum absolute atomic E-state index is 12.1. The number of thiophene rings is 1. The maximum Gasteiger partial charge on any atom is 0.222 e. The second-order valence-electron chi connectivity index (χ2n) is 5.95. The fourth-order valence-electron chi connectivity index (χ4n) is 1.48. The van der Waals surface area contributed by atoms with E-state index in [0.29, 0.717) is 18.9 Å². The van der Waals surface area contributed by atoms with Gasteiger partial charge < -0.3 is 4.90 Å². The minimum atomic E-state index is 0.183. The van der Waals surface area contributed by atoms with Crippen LogP contribution < -0.4 is 0 Å². The van der Waals surface area contributed by atoms with Crippen molar-refractivity contribution in [2.75, 3.05) is 7.05 Å². The van der Waals surface area contributed by atoms with Gasteiger partial charge in [-0.15, -0.1) is 11.3 Å². The molecule has 0 bridgehead atoms. The van der Waals surface area contributed by atoms with Crippen LogP contribution in [0.4, 0.5) is 0 Å². The molecule has 102 valence electrons. The Balaban J connectivity index is 2.52. The summed E-state index contributed by atoms with van der Waals surface area (Å²) in [4.78, 5) is 15.2. The van der Waals surface area contributed by atoms with Crippen LogP contribution in [0.15, 0.2) is 15.9 Å². The van der Waals surface area contributed by atoms with Crippen LogP contribution in [0.3, 0.4) is 0 Å². The zero-order valence-corrected chi connectivity index (χ0v) is 14.2. The van der Waals surface area contributed by atoms with Crippen LogP contribution in [0.1, 0.15) is 39.0 Å². The Bertz CT molecular complexity index is 408. The van der Waals surface area contributed by atoms with Crippen LogP contribution in [-0.2, 0) is 11.3 Å². The summed E-state index contributed by atoms with van der Waals surface area (Å²) in [6.45, 7) is 9.39. The first-order valence-corrected chi connectivity index (χ1v) is 7.84. The average molecular weight is 332 g/mol. The molecule has 0 aliphatic heterocycles. The molecule has 4 heteroatoms. The zero-order valence-electron chi connectivity index (χ0n) is 11.8. The van der Waals surface area contributed by atoms with Crippen molar-refractivity contribution in [3.8, 4) is 0 Å². The van der Waals surface area contributed by atoms with E-state index in [4.69, 9.17) is 0 Å². The molecule has 1 unspecified atom stereocenters. The van der Waals surface area contributed by atoms with Gasteiger partial charge in [0.25, 0.3) is 0 Å². The highest BCUT2D eigenvalue weighted by atomic mass is 79.9. The Morgan fingerprint density at radius 2 is 2.11 bits per heavy atom. The minimum absolute atomic E-state index is 0.183. The molecule has 0 radical (unpaired) electrons. The second kappa shape index (κ2) is 6.20. The van der Waals surface area contributed by atoms with E-state index in [1.165, 1.54) is 4.88 Å². The summed E-state index contributed by atoms with van der Waals surface area (Å²) in [7, 11) is 1.88. The molecular weight excluding hydrogens is 310 g/mol. The molecule has 0 aliphatic rings. The lowest BCUT2D eigenvalue weighted by Crippen LogP contribution is -2.30. The van der Waals surface area contributed by atoms with E-state index in [0.717, 1.165) is 4.47 Å².